The third kappa shape index (κ3) is 2.00. The van der Waals surface area contributed by atoms with Gasteiger partial charge in [0.25, 0.3) is 0 Å². The van der Waals surface area contributed by atoms with Crippen molar-refractivity contribution in [3.63, 3.8) is 0 Å². The van der Waals surface area contributed by atoms with Crippen LogP contribution in [0.3, 0.4) is 0 Å². The number of primary amides is 1. The van der Waals surface area contributed by atoms with Gasteiger partial charge in [-0.1, -0.05) is 5.57 Å². The molecule has 0 aromatic heterocycles. The number of nitrogens with zero attached hydrogens (tertiary/aromatic N) is 1. The molecule has 20 heavy (non-hydrogen) atoms. The van der Waals surface area contributed by atoms with E-state index < -0.39 is 0 Å². The molecule has 0 atom stereocenters. The van der Waals surface area contributed by atoms with Gasteiger partial charge in [0.1, 0.15) is 0 Å². The van der Waals surface area contributed by atoms with Crippen LogP contribution in [0.2, 0.25) is 0 Å². The van der Waals surface area contributed by atoms with Crippen molar-refractivity contribution in [2.75, 3.05) is 31.1 Å². The number of carbonyl (C=O) groups excluding carboxylic acids is 1. The van der Waals surface area contributed by atoms with E-state index in [4.69, 9.17) is 5.73 Å². The van der Waals surface area contributed by atoms with E-state index >= 15 is 0 Å². The number of fused-ring (bicyclic) bond motifs is 1. The van der Waals surface area contributed by atoms with Gasteiger partial charge in [0, 0.05) is 43.0 Å². The number of benzene rings is 1. The molecule has 0 saturated carbocycles. The lowest BCUT2D eigenvalue weighted by Crippen LogP contribution is -2.44. The molecule has 0 spiro atoms. The number of hydrogen-bond donors (Lipinski definition) is 2. The summed E-state index contributed by atoms with van der Waals surface area (Å²) in [5.74, 6) is -0.324. The summed E-state index contributed by atoms with van der Waals surface area (Å²) in [6.07, 6.45) is 0.847. The van der Waals surface area contributed by atoms with Crippen molar-refractivity contribution in [1.29, 1.82) is 0 Å². The average molecular weight is 271 g/mol. The van der Waals surface area contributed by atoms with Crippen LogP contribution in [0.5, 0.6) is 0 Å². The molecule has 0 bridgehead atoms. The Hall–Kier alpha value is -1.81. The molecule has 1 saturated heterocycles. The summed E-state index contributed by atoms with van der Waals surface area (Å²) >= 11 is 0. The molecule has 4 nitrogen and oxygen atoms in total. The molecule has 106 valence electrons. The predicted molar refractivity (Wildman–Crippen MR) is 82.0 cm³/mol. The van der Waals surface area contributed by atoms with Gasteiger partial charge in [-0.15, -0.1) is 0 Å². The lowest BCUT2D eigenvalue weighted by molar-refractivity contribution is 0.0999. The molecule has 0 unspecified atom stereocenters. The van der Waals surface area contributed by atoms with Gasteiger partial charge in [0.2, 0.25) is 5.91 Å². The Morgan fingerprint density at radius 1 is 1.25 bits per heavy atom. The molecule has 1 aromatic rings. The molecule has 1 fully saturated rings. The summed E-state index contributed by atoms with van der Waals surface area (Å²) in [7, 11) is 0. The van der Waals surface area contributed by atoms with E-state index in [2.05, 4.69) is 30.1 Å². The summed E-state index contributed by atoms with van der Waals surface area (Å²) in [6.45, 7) is 8.32. The van der Waals surface area contributed by atoms with E-state index in [1.165, 1.54) is 22.4 Å². The first kappa shape index (κ1) is 13.2. The van der Waals surface area contributed by atoms with Crippen LogP contribution in [0.4, 0.5) is 5.69 Å². The molecule has 1 aliphatic carbocycles. The second kappa shape index (κ2) is 4.94. The number of anilines is 1. The number of nitrogens with two attached hydrogens (primary N) is 1. The molecule has 1 heterocycles. The zero-order valence-corrected chi connectivity index (χ0v) is 12.1. The monoisotopic (exact) mass is 271 g/mol. The third-order valence-corrected chi connectivity index (χ3v) is 4.47. The van der Waals surface area contributed by atoms with Crippen LogP contribution in [-0.2, 0) is 6.42 Å². The van der Waals surface area contributed by atoms with E-state index in [0.717, 1.165) is 38.2 Å². The quantitative estimate of drug-likeness (QED) is 0.858. The molecular weight excluding hydrogens is 250 g/mol. The predicted octanol–water partition coefficient (Wildman–Crippen LogP) is 1.54. The molecular formula is C16H21N3O. The number of nitrogens with one attached hydrogen (secondary N) is 1. The molecule has 3 N–H and O–H groups in total. The van der Waals surface area contributed by atoms with Gasteiger partial charge >= 0.3 is 0 Å². The first-order chi connectivity index (χ1) is 9.59. The normalized spacial score (nSPS) is 18.4. The van der Waals surface area contributed by atoms with Crippen molar-refractivity contribution in [3.8, 4) is 0 Å². The summed E-state index contributed by atoms with van der Waals surface area (Å²) in [5.41, 5.74) is 12.4. The number of carbonyl (C=O) groups is 1. The Morgan fingerprint density at radius 3 is 2.60 bits per heavy atom. The van der Waals surface area contributed by atoms with Gasteiger partial charge < -0.3 is 16.0 Å². The molecule has 0 radical (unpaired) electrons. The largest absolute Gasteiger partial charge is 0.368 e. The van der Waals surface area contributed by atoms with E-state index in [1.54, 1.807) is 0 Å². The number of piperazine rings is 1. The second-order valence-corrected chi connectivity index (χ2v) is 5.67. The van der Waals surface area contributed by atoms with E-state index in [0.29, 0.717) is 5.56 Å². The average Bonchev–Trinajstić information content (AvgIpc) is 2.75. The molecule has 1 aliphatic heterocycles. The Kier molecular flexibility index (Phi) is 3.26. The van der Waals surface area contributed by atoms with Gasteiger partial charge in [0.05, 0.1) is 0 Å². The van der Waals surface area contributed by atoms with Crippen LogP contribution in [0.15, 0.2) is 17.7 Å². The molecule has 2 aliphatic rings. The minimum Gasteiger partial charge on any atom is -0.368 e. The van der Waals surface area contributed by atoms with Gasteiger partial charge in [0.15, 0.2) is 0 Å². The first-order valence-corrected chi connectivity index (χ1v) is 7.17. The van der Waals surface area contributed by atoms with Crippen LogP contribution in [-0.4, -0.2) is 32.1 Å². The SMILES string of the molecule is CC1=C(C)c2c(N3CCNCC3)ccc(C(N)=O)c2C1. The van der Waals surface area contributed by atoms with Gasteiger partial charge in [-0.25, -0.2) is 0 Å². The van der Waals surface area contributed by atoms with Crippen LogP contribution in [0.25, 0.3) is 5.57 Å². The van der Waals surface area contributed by atoms with E-state index in [9.17, 15) is 4.79 Å². The second-order valence-electron chi connectivity index (χ2n) is 5.67. The molecule has 4 heteroatoms. The fourth-order valence-corrected chi connectivity index (χ4v) is 3.25. The number of amides is 1. The van der Waals surface area contributed by atoms with E-state index in [-0.39, 0.29) is 5.91 Å². The van der Waals surface area contributed by atoms with Crippen LogP contribution >= 0.6 is 0 Å². The zero-order chi connectivity index (χ0) is 14.3. The topological polar surface area (TPSA) is 58.4 Å². The highest BCUT2D eigenvalue weighted by atomic mass is 16.1. The Morgan fingerprint density at radius 2 is 1.95 bits per heavy atom. The number of allylic oxidation sites excluding steroid dienone is 2. The minimum atomic E-state index is -0.324. The van der Waals surface area contributed by atoms with Crippen molar-refractivity contribution in [3.05, 3.63) is 34.4 Å². The summed E-state index contributed by atoms with van der Waals surface area (Å²) < 4.78 is 0. The summed E-state index contributed by atoms with van der Waals surface area (Å²) in [6, 6.07) is 3.96. The highest BCUT2D eigenvalue weighted by molar-refractivity contribution is 5.99. The minimum absolute atomic E-state index is 0.324. The lowest BCUT2D eigenvalue weighted by atomic mass is 9.97. The third-order valence-electron chi connectivity index (χ3n) is 4.47. The summed E-state index contributed by atoms with van der Waals surface area (Å²) in [4.78, 5) is 14.0. The molecule has 3 rings (SSSR count). The fourth-order valence-electron chi connectivity index (χ4n) is 3.25. The van der Waals surface area contributed by atoms with Crippen LogP contribution in [0.1, 0.15) is 35.3 Å². The van der Waals surface area contributed by atoms with Crippen LogP contribution < -0.4 is 16.0 Å². The molecule has 1 amide bonds. The van der Waals surface area contributed by atoms with Gasteiger partial charge in [-0.05, 0) is 43.5 Å². The fraction of sp³-hybridized carbons (Fsp3) is 0.438. The van der Waals surface area contributed by atoms with Crippen LogP contribution in [0, 0.1) is 0 Å². The van der Waals surface area contributed by atoms with Crippen molar-refractivity contribution >= 4 is 17.2 Å². The zero-order valence-electron chi connectivity index (χ0n) is 12.1. The summed E-state index contributed by atoms with van der Waals surface area (Å²) in [5, 5.41) is 3.37. The maximum Gasteiger partial charge on any atom is 0.249 e. The maximum atomic E-state index is 11.6. The smallest absolute Gasteiger partial charge is 0.249 e. The van der Waals surface area contributed by atoms with Crippen molar-refractivity contribution < 1.29 is 4.79 Å². The Labute approximate surface area is 119 Å². The Balaban J connectivity index is 2.12. The van der Waals surface area contributed by atoms with Gasteiger partial charge in [-0.3, -0.25) is 4.79 Å². The maximum absolute atomic E-state index is 11.6. The van der Waals surface area contributed by atoms with Crippen molar-refractivity contribution in [2.45, 2.75) is 20.3 Å². The number of hydrogen-bond acceptors (Lipinski definition) is 3. The van der Waals surface area contributed by atoms with E-state index in [1.807, 2.05) is 6.07 Å². The Bertz CT molecular complexity index is 598. The van der Waals surface area contributed by atoms with Crippen molar-refractivity contribution in [1.82, 2.24) is 5.32 Å². The lowest BCUT2D eigenvalue weighted by Gasteiger charge is -2.31. The van der Waals surface area contributed by atoms with Gasteiger partial charge in [-0.2, -0.15) is 0 Å². The molecule has 1 aromatic carbocycles. The highest BCUT2D eigenvalue weighted by Crippen LogP contribution is 2.40. The number of rotatable bonds is 2. The standard InChI is InChI=1S/C16H21N3O/c1-10-9-13-12(16(17)20)3-4-14(15(13)11(10)2)19-7-5-18-6-8-19/h3-4,18H,5-9H2,1-2H3,(H2,17,20). The first-order valence-electron chi connectivity index (χ1n) is 7.17. The van der Waals surface area contributed by atoms with Crippen molar-refractivity contribution in [2.24, 2.45) is 5.73 Å². The highest BCUT2D eigenvalue weighted by Gasteiger charge is 2.26.